The third-order valence-corrected chi connectivity index (χ3v) is 2.77. The molecule has 20 heavy (non-hydrogen) atoms. The molecule has 0 aromatic heterocycles. The van der Waals surface area contributed by atoms with Crippen molar-refractivity contribution in [1.29, 1.82) is 0 Å². The lowest BCUT2D eigenvalue weighted by Gasteiger charge is -2.23. The number of carbonyl (C=O) groups is 2. The molecular formula is C14H20N2O4. The lowest BCUT2D eigenvalue weighted by Crippen LogP contribution is -2.41. The van der Waals surface area contributed by atoms with Crippen LogP contribution in [0.2, 0.25) is 0 Å². The zero-order chi connectivity index (χ0) is 15.2. The maximum absolute atomic E-state index is 11.7. The molecule has 0 spiro atoms. The maximum Gasteiger partial charge on any atom is 0.319 e. The minimum Gasteiger partial charge on any atom is -0.481 e. The summed E-state index contributed by atoms with van der Waals surface area (Å²) in [5.74, 6) is -0.909. The highest BCUT2D eigenvalue weighted by molar-refractivity contribution is 5.89. The molecular weight excluding hydrogens is 260 g/mol. The second-order valence-corrected chi connectivity index (χ2v) is 5.04. The molecule has 0 atom stereocenters. The van der Waals surface area contributed by atoms with Crippen molar-refractivity contribution in [1.82, 2.24) is 5.32 Å². The molecule has 0 fully saturated rings. The number of urea groups is 1. The molecule has 2 amide bonds. The van der Waals surface area contributed by atoms with Gasteiger partial charge in [-0.2, -0.15) is 0 Å². The van der Waals surface area contributed by atoms with Gasteiger partial charge in [0.15, 0.2) is 0 Å². The highest BCUT2D eigenvalue weighted by atomic mass is 16.5. The van der Waals surface area contributed by atoms with Gasteiger partial charge in [-0.15, -0.1) is 0 Å². The number of nitrogens with one attached hydrogen (secondary N) is 2. The van der Waals surface area contributed by atoms with Gasteiger partial charge in [-0.3, -0.25) is 4.79 Å². The van der Waals surface area contributed by atoms with Crippen molar-refractivity contribution in [3.05, 3.63) is 29.8 Å². The third kappa shape index (κ3) is 5.71. The number of anilines is 1. The van der Waals surface area contributed by atoms with E-state index in [-0.39, 0.29) is 12.5 Å². The standard InChI is InChI=1S/C14H20N2O4/c1-14(2,20-3)9-15-13(19)16-11-6-4-5-10(7-11)8-12(17)18/h4-7H,8-9H2,1-3H3,(H,17,18)(H2,15,16,19). The van der Waals surface area contributed by atoms with E-state index >= 15 is 0 Å². The Morgan fingerprint density at radius 3 is 2.65 bits per heavy atom. The largest absolute Gasteiger partial charge is 0.481 e. The zero-order valence-corrected chi connectivity index (χ0v) is 11.9. The number of ether oxygens (including phenoxy) is 1. The number of hydrogen-bond acceptors (Lipinski definition) is 3. The van der Waals surface area contributed by atoms with Crippen LogP contribution in [0.1, 0.15) is 19.4 Å². The Labute approximate surface area is 118 Å². The van der Waals surface area contributed by atoms with Gasteiger partial charge < -0.3 is 20.5 Å². The van der Waals surface area contributed by atoms with Crippen LogP contribution in [0.15, 0.2) is 24.3 Å². The number of carboxylic acids is 1. The smallest absolute Gasteiger partial charge is 0.319 e. The number of methoxy groups -OCH3 is 1. The molecule has 0 aliphatic carbocycles. The fourth-order valence-electron chi connectivity index (χ4n) is 1.47. The van der Waals surface area contributed by atoms with E-state index in [2.05, 4.69) is 10.6 Å². The molecule has 6 nitrogen and oxygen atoms in total. The minimum absolute atomic E-state index is 0.0756. The fraction of sp³-hybridized carbons (Fsp3) is 0.429. The third-order valence-electron chi connectivity index (χ3n) is 2.77. The van der Waals surface area contributed by atoms with E-state index in [1.54, 1.807) is 31.4 Å². The number of rotatable bonds is 6. The van der Waals surface area contributed by atoms with Crippen LogP contribution < -0.4 is 10.6 Å². The molecule has 0 bridgehead atoms. The topological polar surface area (TPSA) is 87.7 Å². The predicted molar refractivity (Wildman–Crippen MR) is 75.9 cm³/mol. The van der Waals surface area contributed by atoms with Gasteiger partial charge in [0.05, 0.1) is 12.0 Å². The van der Waals surface area contributed by atoms with Crippen molar-refractivity contribution in [3.63, 3.8) is 0 Å². The van der Waals surface area contributed by atoms with Crippen LogP contribution in [-0.4, -0.2) is 36.4 Å². The molecule has 110 valence electrons. The SMILES string of the molecule is COC(C)(C)CNC(=O)Nc1cccc(CC(=O)O)c1. The van der Waals surface area contributed by atoms with Gasteiger partial charge in [-0.25, -0.2) is 4.79 Å². The van der Waals surface area contributed by atoms with E-state index in [4.69, 9.17) is 9.84 Å². The van der Waals surface area contributed by atoms with Crippen molar-refractivity contribution >= 4 is 17.7 Å². The summed E-state index contributed by atoms with van der Waals surface area (Å²) in [5, 5.41) is 14.1. The molecule has 0 aliphatic heterocycles. The lowest BCUT2D eigenvalue weighted by atomic mass is 10.1. The van der Waals surface area contributed by atoms with E-state index in [0.717, 1.165) is 0 Å². The molecule has 1 aromatic rings. The number of hydrogen-bond donors (Lipinski definition) is 3. The molecule has 0 aliphatic rings. The molecule has 6 heteroatoms. The molecule has 0 saturated heterocycles. The molecule has 0 unspecified atom stereocenters. The summed E-state index contributed by atoms with van der Waals surface area (Å²) in [5.41, 5.74) is 0.742. The number of carbonyl (C=O) groups excluding carboxylic acids is 1. The Bertz CT molecular complexity index is 486. The van der Waals surface area contributed by atoms with E-state index in [1.807, 2.05) is 13.8 Å². The summed E-state index contributed by atoms with van der Waals surface area (Å²) in [6.45, 7) is 4.09. The van der Waals surface area contributed by atoms with Crippen molar-refractivity contribution < 1.29 is 19.4 Å². The molecule has 0 radical (unpaired) electrons. The number of benzene rings is 1. The van der Waals surface area contributed by atoms with Crippen molar-refractivity contribution in [2.24, 2.45) is 0 Å². The molecule has 0 heterocycles. The van der Waals surface area contributed by atoms with Crippen molar-refractivity contribution in [3.8, 4) is 0 Å². The van der Waals surface area contributed by atoms with Crippen LogP contribution >= 0.6 is 0 Å². The summed E-state index contributed by atoms with van der Waals surface area (Å²) in [4.78, 5) is 22.3. The highest BCUT2D eigenvalue weighted by Crippen LogP contribution is 2.11. The monoisotopic (exact) mass is 280 g/mol. The van der Waals surface area contributed by atoms with Gasteiger partial charge >= 0.3 is 12.0 Å². The molecule has 3 N–H and O–H groups in total. The Morgan fingerprint density at radius 2 is 2.05 bits per heavy atom. The van der Waals surface area contributed by atoms with Gasteiger partial charge in [0, 0.05) is 19.3 Å². The van der Waals surface area contributed by atoms with Gasteiger partial charge in [0.1, 0.15) is 0 Å². The average Bonchev–Trinajstić information content (AvgIpc) is 2.36. The first-order valence-electron chi connectivity index (χ1n) is 6.23. The summed E-state index contributed by atoms with van der Waals surface area (Å²) in [7, 11) is 1.58. The van der Waals surface area contributed by atoms with Gasteiger partial charge in [0.25, 0.3) is 0 Å². The first kappa shape index (κ1) is 16.0. The first-order valence-corrected chi connectivity index (χ1v) is 6.23. The number of carboxylic acid groups (broad SMARTS) is 1. The number of amides is 2. The summed E-state index contributed by atoms with van der Waals surface area (Å²) < 4.78 is 5.19. The van der Waals surface area contributed by atoms with Crippen LogP contribution in [-0.2, 0) is 16.0 Å². The molecule has 1 aromatic carbocycles. The van der Waals surface area contributed by atoms with Gasteiger partial charge in [-0.1, -0.05) is 12.1 Å². The van der Waals surface area contributed by atoms with E-state index in [1.165, 1.54) is 0 Å². The van der Waals surface area contributed by atoms with Crippen LogP contribution in [0, 0.1) is 0 Å². The van der Waals surface area contributed by atoms with E-state index < -0.39 is 11.6 Å². The second kappa shape index (κ2) is 6.91. The van der Waals surface area contributed by atoms with Crippen LogP contribution in [0.5, 0.6) is 0 Å². The van der Waals surface area contributed by atoms with Crippen molar-refractivity contribution in [2.45, 2.75) is 25.9 Å². The van der Waals surface area contributed by atoms with Gasteiger partial charge in [0.2, 0.25) is 0 Å². The highest BCUT2D eigenvalue weighted by Gasteiger charge is 2.17. The Kier molecular flexibility index (Phi) is 5.52. The summed E-state index contributed by atoms with van der Waals surface area (Å²) in [6, 6.07) is 6.38. The van der Waals surface area contributed by atoms with Crippen molar-refractivity contribution in [2.75, 3.05) is 19.0 Å². The first-order chi connectivity index (χ1) is 9.32. The summed E-state index contributed by atoms with van der Waals surface area (Å²) >= 11 is 0. The predicted octanol–water partition coefficient (Wildman–Crippen LogP) is 1.86. The van der Waals surface area contributed by atoms with E-state index in [0.29, 0.717) is 17.8 Å². The van der Waals surface area contributed by atoms with Gasteiger partial charge in [-0.05, 0) is 31.5 Å². The fourth-order valence-corrected chi connectivity index (χ4v) is 1.47. The maximum atomic E-state index is 11.7. The molecule has 1 rings (SSSR count). The van der Waals surface area contributed by atoms with Crippen LogP contribution in [0.3, 0.4) is 0 Å². The van der Waals surface area contributed by atoms with Crippen LogP contribution in [0.4, 0.5) is 10.5 Å². The Balaban J connectivity index is 2.55. The average molecular weight is 280 g/mol. The lowest BCUT2D eigenvalue weighted by molar-refractivity contribution is -0.136. The minimum atomic E-state index is -0.909. The summed E-state index contributed by atoms with van der Waals surface area (Å²) in [6.07, 6.45) is -0.0756. The second-order valence-electron chi connectivity index (χ2n) is 5.04. The molecule has 0 saturated carbocycles. The Morgan fingerprint density at radius 1 is 1.35 bits per heavy atom. The quantitative estimate of drug-likeness (QED) is 0.742. The number of aliphatic carboxylic acids is 1. The van der Waals surface area contributed by atoms with E-state index in [9.17, 15) is 9.59 Å². The Hall–Kier alpha value is -2.08. The zero-order valence-electron chi connectivity index (χ0n) is 11.9. The van der Waals surface area contributed by atoms with Crippen LogP contribution in [0.25, 0.3) is 0 Å². The normalized spacial score (nSPS) is 10.9.